The summed E-state index contributed by atoms with van der Waals surface area (Å²) in [6, 6.07) is 6.94. The second kappa shape index (κ2) is 6.71. The molecule has 1 rings (SSSR count). The first-order valence-corrected chi connectivity index (χ1v) is 5.36. The second-order valence-corrected chi connectivity index (χ2v) is 3.35. The minimum atomic E-state index is -0.429. The van der Waals surface area contributed by atoms with Crippen LogP contribution in [0.1, 0.15) is 19.8 Å². The van der Waals surface area contributed by atoms with Gasteiger partial charge in [0.25, 0.3) is 0 Å². The maximum atomic E-state index is 11.3. The molecular formula is C12H17NO3. The Kier molecular flexibility index (Phi) is 5.19. The zero-order valence-electron chi connectivity index (χ0n) is 9.66. The van der Waals surface area contributed by atoms with Gasteiger partial charge in [-0.2, -0.15) is 0 Å². The maximum absolute atomic E-state index is 11.3. The Hall–Kier alpha value is -1.71. The molecule has 1 N–H and O–H groups in total. The fraction of sp³-hybridized carbons (Fsp3) is 0.417. The topological polar surface area (TPSA) is 47.6 Å². The lowest BCUT2D eigenvalue weighted by Crippen LogP contribution is -2.27. The summed E-state index contributed by atoms with van der Waals surface area (Å²) in [6.45, 7) is 2.70. The summed E-state index contributed by atoms with van der Waals surface area (Å²) >= 11 is 0. The minimum absolute atomic E-state index is 0.429. The molecule has 0 aliphatic rings. The van der Waals surface area contributed by atoms with Gasteiger partial charge in [0.1, 0.15) is 11.5 Å². The van der Waals surface area contributed by atoms with Crippen LogP contribution in [0.15, 0.2) is 24.3 Å². The first-order valence-electron chi connectivity index (χ1n) is 5.36. The molecule has 0 atom stereocenters. The van der Waals surface area contributed by atoms with E-state index < -0.39 is 6.09 Å². The van der Waals surface area contributed by atoms with E-state index in [0.717, 1.165) is 12.8 Å². The molecule has 0 saturated carbocycles. The number of amides is 1. The number of hydrogen-bond acceptors (Lipinski definition) is 3. The van der Waals surface area contributed by atoms with E-state index in [1.54, 1.807) is 31.4 Å². The summed E-state index contributed by atoms with van der Waals surface area (Å²) in [7, 11) is 1.57. The van der Waals surface area contributed by atoms with Crippen molar-refractivity contribution in [2.75, 3.05) is 13.7 Å². The molecular weight excluding hydrogens is 206 g/mol. The van der Waals surface area contributed by atoms with Gasteiger partial charge in [-0.15, -0.1) is 0 Å². The Morgan fingerprint density at radius 2 is 2.12 bits per heavy atom. The molecule has 1 amide bonds. The van der Waals surface area contributed by atoms with Crippen molar-refractivity contribution in [3.8, 4) is 11.5 Å². The van der Waals surface area contributed by atoms with Crippen molar-refractivity contribution in [2.45, 2.75) is 19.8 Å². The standard InChI is InChI=1S/C12H17NO3/c1-3-4-8-13-12(14)16-11-7-5-6-10(9-11)15-2/h5-7,9H,3-4,8H2,1-2H3,(H,13,14). The van der Waals surface area contributed by atoms with Gasteiger partial charge in [-0.3, -0.25) is 0 Å². The van der Waals surface area contributed by atoms with Crippen molar-refractivity contribution in [1.82, 2.24) is 5.32 Å². The molecule has 0 fully saturated rings. The number of unbranched alkanes of at least 4 members (excludes halogenated alkanes) is 1. The molecule has 0 spiro atoms. The predicted molar refractivity (Wildman–Crippen MR) is 61.9 cm³/mol. The summed E-state index contributed by atoms with van der Waals surface area (Å²) < 4.78 is 10.1. The molecule has 0 aliphatic heterocycles. The predicted octanol–water partition coefficient (Wildman–Crippen LogP) is 2.58. The van der Waals surface area contributed by atoms with Crippen LogP contribution >= 0.6 is 0 Å². The van der Waals surface area contributed by atoms with Crippen LogP contribution in [-0.2, 0) is 0 Å². The molecule has 0 unspecified atom stereocenters. The average molecular weight is 223 g/mol. The van der Waals surface area contributed by atoms with Crippen LogP contribution in [-0.4, -0.2) is 19.7 Å². The van der Waals surface area contributed by atoms with Crippen LogP contribution in [0.2, 0.25) is 0 Å². The van der Waals surface area contributed by atoms with Gasteiger partial charge in [0, 0.05) is 12.6 Å². The van der Waals surface area contributed by atoms with Gasteiger partial charge >= 0.3 is 6.09 Å². The Morgan fingerprint density at radius 3 is 2.81 bits per heavy atom. The third kappa shape index (κ3) is 4.21. The number of carbonyl (C=O) groups excluding carboxylic acids is 1. The number of carbonyl (C=O) groups is 1. The number of rotatable bonds is 5. The van der Waals surface area contributed by atoms with Gasteiger partial charge in [-0.1, -0.05) is 19.4 Å². The Morgan fingerprint density at radius 1 is 1.38 bits per heavy atom. The lowest BCUT2D eigenvalue weighted by molar-refractivity contribution is 0.200. The van der Waals surface area contributed by atoms with E-state index in [1.165, 1.54) is 0 Å². The Bertz CT molecular complexity index is 339. The van der Waals surface area contributed by atoms with Crippen molar-refractivity contribution < 1.29 is 14.3 Å². The molecule has 4 heteroatoms. The number of ether oxygens (including phenoxy) is 2. The van der Waals surface area contributed by atoms with Crippen molar-refractivity contribution in [2.24, 2.45) is 0 Å². The summed E-state index contributed by atoms with van der Waals surface area (Å²) in [4.78, 5) is 11.3. The molecule has 0 aromatic heterocycles. The van der Waals surface area contributed by atoms with Gasteiger partial charge < -0.3 is 14.8 Å². The molecule has 0 heterocycles. The van der Waals surface area contributed by atoms with Crippen molar-refractivity contribution >= 4 is 6.09 Å². The van der Waals surface area contributed by atoms with E-state index in [9.17, 15) is 4.79 Å². The van der Waals surface area contributed by atoms with Crippen molar-refractivity contribution in [3.05, 3.63) is 24.3 Å². The van der Waals surface area contributed by atoms with Gasteiger partial charge in [-0.25, -0.2) is 4.79 Å². The summed E-state index contributed by atoms with van der Waals surface area (Å²) in [5, 5.41) is 2.67. The van der Waals surface area contributed by atoms with E-state index in [2.05, 4.69) is 12.2 Å². The number of benzene rings is 1. The molecule has 0 aliphatic carbocycles. The SMILES string of the molecule is CCCCNC(=O)Oc1cccc(OC)c1. The number of nitrogens with one attached hydrogen (secondary N) is 1. The highest BCUT2D eigenvalue weighted by atomic mass is 16.6. The molecule has 88 valence electrons. The zero-order chi connectivity index (χ0) is 11.8. The number of methoxy groups -OCH3 is 1. The van der Waals surface area contributed by atoms with Crippen LogP contribution in [0, 0.1) is 0 Å². The molecule has 4 nitrogen and oxygen atoms in total. The fourth-order valence-electron chi connectivity index (χ4n) is 1.18. The molecule has 1 aromatic carbocycles. The van der Waals surface area contributed by atoms with E-state index >= 15 is 0 Å². The first kappa shape index (κ1) is 12.4. The van der Waals surface area contributed by atoms with Crippen LogP contribution in [0.4, 0.5) is 4.79 Å². The van der Waals surface area contributed by atoms with Crippen LogP contribution in [0.3, 0.4) is 0 Å². The Labute approximate surface area is 95.6 Å². The molecule has 16 heavy (non-hydrogen) atoms. The average Bonchev–Trinajstić information content (AvgIpc) is 2.29. The summed E-state index contributed by atoms with van der Waals surface area (Å²) in [5.74, 6) is 1.15. The number of hydrogen-bond donors (Lipinski definition) is 1. The Balaban J connectivity index is 2.43. The van der Waals surface area contributed by atoms with Gasteiger partial charge in [0.2, 0.25) is 0 Å². The highest BCUT2D eigenvalue weighted by molar-refractivity contribution is 5.70. The normalized spacial score (nSPS) is 9.62. The molecule has 0 bridgehead atoms. The third-order valence-corrected chi connectivity index (χ3v) is 2.05. The molecule has 1 aromatic rings. The van der Waals surface area contributed by atoms with Gasteiger partial charge in [-0.05, 0) is 18.6 Å². The maximum Gasteiger partial charge on any atom is 0.412 e. The zero-order valence-corrected chi connectivity index (χ0v) is 9.66. The second-order valence-electron chi connectivity index (χ2n) is 3.35. The fourth-order valence-corrected chi connectivity index (χ4v) is 1.18. The van der Waals surface area contributed by atoms with Gasteiger partial charge in [0.05, 0.1) is 7.11 Å². The summed E-state index contributed by atoms with van der Waals surface area (Å²) in [6.07, 6.45) is 1.56. The van der Waals surface area contributed by atoms with Crippen LogP contribution < -0.4 is 14.8 Å². The smallest absolute Gasteiger partial charge is 0.412 e. The van der Waals surface area contributed by atoms with E-state index in [4.69, 9.17) is 9.47 Å². The first-order chi connectivity index (χ1) is 7.76. The van der Waals surface area contributed by atoms with Gasteiger partial charge in [0.15, 0.2) is 0 Å². The minimum Gasteiger partial charge on any atom is -0.497 e. The van der Waals surface area contributed by atoms with E-state index in [1.807, 2.05) is 0 Å². The van der Waals surface area contributed by atoms with E-state index in [-0.39, 0.29) is 0 Å². The molecule has 0 radical (unpaired) electrons. The van der Waals surface area contributed by atoms with Crippen molar-refractivity contribution in [3.63, 3.8) is 0 Å². The highest BCUT2D eigenvalue weighted by Gasteiger charge is 2.03. The lowest BCUT2D eigenvalue weighted by Gasteiger charge is -2.07. The largest absolute Gasteiger partial charge is 0.497 e. The quantitative estimate of drug-likeness (QED) is 0.780. The van der Waals surface area contributed by atoms with Crippen molar-refractivity contribution in [1.29, 1.82) is 0 Å². The monoisotopic (exact) mass is 223 g/mol. The summed E-state index contributed by atoms with van der Waals surface area (Å²) in [5.41, 5.74) is 0. The highest BCUT2D eigenvalue weighted by Crippen LogP contribution is 2.18. The third-order valence-electron chi connectivity index (χ3n) is 2.05. The van der Waals surface area contributed by atoms with Crippen LogP contribution in [0.25, 0.3) is 0 Å². The van der Waals surface area contributed by atoms with Crippen LogP contribution in [0.5, 0.6) is 11.5 Å². The van der Waals surface area contributed by atoms with E-state index in [0.29, 0.717) is 18.0 Å². The lowest BCUT2D eigenvalue weighted by atomic mass is 10.3. The molecule has 0 saturated heterocycles.